The van der Waals surface area contributed by atoms with Crippen molar-refractivity contribution >= 4 is 32.7 Å². The Morgan fingerprint density at radius 1 is 0.404 bits per heavy atom. The van der Waals surface area contributed by atoms with Gasteiger partial charge in [0.15, 0.2) is 5.82 Å². The van der Waals surface area contributed by atoms with E-state index < -0.39 is 0 Å². The molecule has 4 aromatic heterocycles. The van der Waals surface area contributed by atoms with Gasteiger partial charge in [-0.15, -0.1) is 0 Å². The summed E-state index contributed by atoms with van der Waals surface area (Å²) in [5, 5.41) is 3.60. The van der Waals surface area contributed by atoms with Gasteiger partial charge in [0.25, 0.3) is 0 Å². The minimum atomic E-state index is 0.687. The van der Waals surface area contributed by atoms with Crippen molar-refractivity contribution < 1.29 is 0 Å². The van der Waals surface area contributed by atoms with Crippen LogP contribution in [0.3, 0.4) is 0 Å². The summed E-state index contributed by atoms with van der Waals surface area (Å²) in [6.07, 6.45) is 5.85. The lowest BCUT2D eigenvalue weighted by atomic mass is 10.1. The molecule has 0 atom stereocenters. The molecule has 0 N–H and O–H groups in total. The highest BCUT2D eigenvalue weighted by Gasteiger charge is 2.19. The molecule has 4 heterocycles. The van der Waals surface area contributed by atoms with Gasteiger partial charge < -0.3 is 9.13 Å². The van der Waals surface area contributed by atoms with Crippen molar-refractivity contribution in [3.8, 4) is 56.4 Å². The summed E-state index contributed by atoms with van der Waals surface area (Å²) in [5.74, 6) is 0.687. The van der Waals surface area contributed by atoms with Gasteiger partial charge in [0, 0.05) is 62.8 Å². The van der Waals surface area contributed by atoms with Gasteiger partial charge >= 0.3 is 0 Å². The number of hydrogen-bond donors (Lipinski definition) is 0. The van der Waals surface area contributed by atoms with Gasteiger partial charge in [0.2, 0.25) is 0 Å². The average Bonchev–Trinajstić information content (AvgIpc) is 3.81. The molecular formula is C47H31N5. The van der Waals surface area contributed by atoms with Crippen LogP contribution in [0.5, 0.6) is 0 Å². The minimum Gasteiger partial charge on any atom is -0.315 e. The van der Waals surface area contributed by atoms with Gasteiger partial charge in [-0.1, -0.05) is 115 Å². The predicted octanol–water partition coefficient (Wildman–Crippen LogP) is 11.6. The van der Waals surface area contributed by atoms with Crippen LogP contribution in [0.4, 0.5) is 0 Å². The van der Waals surface area contributed by atoms with Crippen molar-refractivity contribution in [2.24, 2.45) is 0 Å². The topological polar surface area (TPSA) is 48.5 Å². The van der Waals surface area contributed by atoms with Crippen molar-refractivity contribution in [2.75, 3.05) is 0 Å². The maximum Gasteiger partial charge on any atom is 0.160 e. The predicted molar refractivity (Wildman–Crippen MR) is 213 cm³/mol. The maximum atomic E-state index is 5.12. The number of benzene rings is 6. The Balaban J connectivity index is 1.16. The third-order valence-corrected chi connectivity index (χ3v) is 9.87. The molecule has 0 bridgehead atoms. The zero-order chi connectivity index (χ0) is 34.4. The molecule has 0 saturated carbocycles. The van der Waals surface area contributed by atoms with Gasteiger partial charge in [-0.2, -0.15) is 0 Å². The van der Waals surface area contributed by atoms with Crippen molar-refractivity contribution in [1.82, 2.24) is 24.1 Å². The second-order valence-corrected chi connectivity index (χ2v) is 13.0. The van der Waals surface area contributed by atoms with Crippen LogP contribution < -0.4 is 0 Å². The largest absolute Gasteiger partial charge is 0.315 e. The number of aromatic nitrogens is 5. The molecule has 0 saturated heterocycles. The van der Waals surface area contributed by atoms with Gasteiger partial charge in [-0.3, -0.25) is 4.98 Å². The first kappa shape index (κ1) is 29.8. The number of nitrogens with zero attached hydrogens (tertiary/aromatic N) is 5. The van der Waals surface area contributed by atoms with Gasteiger partial charge in [-0.25, -0.2) is 9.97 Å². The Morgan fingerprint density at radius 3 is 1.79 bits per heavy atom. The maximum absolute atomic E-state index is 5.12. The molecule has 10 rings (SSSR count). The molecule has 0 amide bonds. The van der Waals surface area contributed by atoms with Crippen LogP contribution in [0.15, 0.2) is 188 Å². The summed E-state index contributed by atoms with van der Waals surface area (Å²) >= 11 is 0. The number of fused-ring (bicyclic) bond motifs is 5. The van der Waals surface area contributed by atoms with Crippen molar-refractivity contribution in [1.29, 1.82) is 0 Å². The minimum absolute atomic E-state index is 0.687. The van der Waals surface area contributed by atoms with Crippen molar-refractivity contribution in [3.63, 3.8) is 0 Å². The monoisotopic (exact) mass is 665 g/mol. The van der Waals surface area contributed by atoms with Crippen LogP contribution in [0.1, 0.15) is 0 Å². The fourth-order valence-corrected chi connectivity index (χ4v) is 7.39. The summed E-state index contributed by atoms with van der Waals surface area (Å²) in [6, 6.07) is 59.6. The Kier molecular flexibility index (Phi) is 7.07. The van der Waals surface area contributed by atoms with E-state index in [-0.39, 0.29) is 0 Å². The zero-order valence-corrected chi connectivity index (χ0v) is 28.1. The van der Waals surface area contributed by atoms with E-state index in [1.165, 1.54) is 27.2 Å². The summed E-state index contributed by atoms with van der Waals surface area (Å²) < 4.78 is 4.71. The number of rotatable bonds is 6. The summed E-state index contributed by atoms with van der Waals surface area (Å²) in [6.45, 7) is 0. The smallest absolute Gasteiger partial charge is 0.160 e. The Morgan fingerprint density at radius 2 is 1.06 bits per heavy atom. The van der Waals surface area contributed by atoms with Crippen LogP contribution in [0, 0.1) is 0 Å². The summed E-state index contributed by atoms with van der Waals surface area (Å²) in [5.41, 5.74) is 12.8. The lowest BCUT2D eigenvalue weighted by molar-refractivity contribution is 1.11. The number of hydrogen-bond acceptors (Lipinski definition) is 3. The van der Waals surface area contributed by atoms with Crippen LogP contribution in [-0.2, 0) is 0 Å². The normalized spacial score (nSPS) is 11.5. The second kappa shape index (κ2) is 12.3. The molecule has 52 heavy (non-hydrogen) atoms. The standard InChI is InChI=1S/C47H31N5/c1-3-10-34(11-4-1)42-31-43(35-12-5-2-6-13-35)50-47(49-42)37-14-9-15-39(30-37)51-29-26-36-20-23-41-40-16-7-8-17-44(40)52(46(41)45(36)51)38-21-18-32(19-22-38)33-24-27-48-28-25-33/h1-31H. The highest BCUT2D eigenvalue weighted by molar-refractivity contribution is 6.18. The zero-order valence-electron chi connectivity index (χ0n) is 28.1. The Hall–Kier alpha value is -7.11. The molecule has 0 aliphatic carbocycles. The molecule has 0 aliphatic rings. The Bertz CT molecular complexity index is 2810. The fourth-order valence-electron chi connectivity index (χ4n) is 7.39. The lowest BCUT2D eigenvalue weighted by Crippen LogP contribution is -1.99. The van der Waals surface area contributed by atoms with E-state index in [2.05, 4.69) is 142 Å². The second-order valence-electron chi connectivity index (χ2n) is 13.0. The summed E-state index contributed by atoms with van der Waals surface area (Å²) in [7, 11) is 0. The van der Waals surface area contributed by atoms with Crippen LogP contribution in [0.2, 0.25) is 0 Å². The van der Waals surface area contributed by atoms with E-state index in [1.807, 2.05) is 60.9 Å². The highest BCUT2D eigenvalue weighted by atomic mass is 15.0. The van der Waals surface area contributed by atoms with Crippen LogP contribution >= 0.6 is 0 Å². The molecule has 0 spiro atoms. The molecule has 0 fully saturated rings. The summed E-state index contributed by atoms with van der Waals surface area (Å²) in [4.78, 5) is 14.4. The van der Waals surface area contributed by atoms with Gasteiger partial charge in [0.1, 0.15) is 0 Å². The molecule has 244 valence electrons. The number of para-hydroxylation sites is 1. The van der Waals surface area contributed by atoms with E-state index in [9.17, 15) is 0 Å². The molecule has 5 nitrogen and oxygen atoms in total. The van der Waals surface area contributed by atoms with Gasteiger partial charge in [0.05, 0.1) is 27.9 Å². The molecule has 5 heteroatoms. The average molecular weight is 666 g/mol. The Labute approximate surface area is 300 Å². The lowest BCUT2D eigenvalue weighted by Gasteiger charge is -2.13. The quantitative estimate of drug-likeness (QED) is 0.178. The van der Waals surface area contributed by atoms with Crippen molar-refractivity contribution in [3.05, 3.63) is 188 Å². The van der Waals surface area contributed by atoms with E-state index in [0.717, 1.165) is 56.1 Å². The first-order valence-electron chi connectivity index (χ1n) is 17.4. The third-order valence-electron chi connectivity index (χ3n) is 9.87. The van der Waals surface area contributed by atoms with Crippen molar-refractivity contribution in [2.45, 2.75) is 0 Å². The first-order valence-corrected chi connectivity index (χ1v) is 17.4. The SMILES string of the molecule is c1ccc(-c2cc(-c3ccccc3)nc(-c3cccc(-n4ccc5ccc6c7ccccc7n(-c7ccc(-c8ccncc8)cc7)c6c54)c3)n2)cc1. The van der Waals surface area contributed by atoms with E-state index >= 15 is 0 Å². The molecule has 0 radical (unpaired) electrons. The van der Waals surface area contributed by atoms with E-state index in [1.54, 1.807) is 0 Å². The van der Waals surface area contributed by atoms with Crippen LogP contribution in [0.25, 0.3) is 89.1 Å². The molecule has 0 unspecified atom stereocenters. The third kappa shape index (κ3) is 5.07. The van der Waals surface area contributed by atoms with E-state index in [4.69, 9.17) is 9.97 Å². The number of pyridine rings is 1. The highest BCUT2D eigenvalue weighted by Crippen LogP contribution is 2.39. The molecule has 0 aliphatic heterocycles. The van der Waals surface area contributed by atoms with Gasteiger partial charge in [-0.05, 0) is 65.7 Å². The molecule has 6 aromatic carbocycles. The van der Waals surface area contributed by atoms with Crippen LogP contribution in [-0.4, -0.2) is 24.1 Å². The van der Waals surface area contributed by atoms with E-state index in [0.29, 0.717) is 5.82 Å². The molecular weight excluding hydrogens is 635 g/mol. The first-order chi connectivity index (χ1) is 25.8. The fraction of sp³-hybridized carbons (Fsp3) is 0. The molecule has 10 aromatic rings.